The molecule has 0 spiro atoms. The molecule has 6 nitrogen and oxygen atoms in total. The molecular weight excluding hydrogens is 357 g/mol. The zero-order valence-electron chi connectivity index (χ0n) is 13.8. The van der Waals surface area contributed by atoms with Gasteiger partial charge in [-0.15, -0.1) is 0 Å². The number of benzene rings is 1. The van der Waals surface area contributed by atoms with Crippen molar-refractivity contribution in [1.82, 2.24) is 0 Å². The maximum absolute atomic E-state index is 11.6. The first-order valence-corrected chi connectivity index (χ1v) is 7.82. The highest BCUT2D eigenvalue weighted by Gasteiger charge is 2.24. The van der Waals surface area contributed by atoms with E-state index in [2.05, 4.69) is 30.9 Å². The van der Waals surface area contributed by atoms with E-state index in [-0.39, 0.29) is 11.3 Å². The van der Waals surface area contributed by atoms with E-state index in [0.29, 0.717) is 11.1 Å². The Labute approximate surface area is 151 Å². The Balaban J connectivity index is 0.00000118. The van der Waals surface area contributed by atoms with Gasteiger partial charge in [0.15, 0.2) is 6.10 Å². The van der Waals surface area contributed by atoms with Gasteiger partial charge in [-0.2, -0.15) is 0 Å². The third kappa shape index (κ3) is 9.39. The number of ether oxygens (including phenoxy) is 2. The van der Waals surface area contributed by atoms with Crippen molar-refractivity contribution in [3.8, 4) is 5.75 Å². The molecular formula is C16H21Cl2NO5. The quantitative estimate of drug-likeness (QED) is 0.455. The van der Waals surface area contributed by atoms with E-state index in [4.69, 9.17) is 27.9 Å². The topological polar surface area (TPSA) is 103 Å². The molecule has 0 aliphatic heterocycles. The van der Waals surface area contributed by atoms with Gasteiger partial charge in [0.05, 0.1) is 12.0 Å². The molecule has 1 rings (SSSR count). The zero-order chi connectivity index (χ0) is 18.9. The van der Waals surface area contributed by atoms with Crippen LogP contribution in [0.5, 0.6) is 5.75 Å². The van der Waals surface area contributed by atoms with E-state index in [9.17, 15) is 14.7 Å². The molecule has 0 heterocycles. The Kier molecular flexibility index (Phi) is 10.1. The standard InChI is InChI=1S/C13H12Cl2O5.C3H9N/c1-7(2)10(12(16)17)20-13(18)11(15)19-9-5-3-8(14)4-6-9;1-3(2)4/h3-6,10-11H,1H2,2H3,(H,16,17);3H,4H2,1-2H3. The van der Waals surface area contributed by atoms with Crippen LogP contribution in [0, 0.1) is 0 Å². The van der Waals surface area contributed by atoms with Crippen LogP contribution in [0.3, 0.4) is 0 Å². The van der Waals surface area contributed by atoms with Gasteiger partial charge in [-0.1, -0.05) is 29.8 Å². The first-order valence-electron chi connectivity index (χ1n) is 7.00. The minimum absolute atomic E-state index is 0.105. The smallest absolute Gasteiger partial charge is 0.364 e. The van der Waals surface area contributed by atoms with Crippen molar-refractivity contribution in [2.75, 3.05) is 0 Å². The molecule has 2 unspecified atom stereocenters. The van der Waals surface area contributed by atoms with Crippen molar-refractivity contribution in [2.45, 2.75) is 38.5 Å². The lowest BCUT2D eigenvalue weighted by Crippen LogP contribution is -2.57. The molecule has 0 amide bonds. The van der Waals surface area contributed by atoms with Crippen molar-refractivity contribution in [3.63, 3.8) is 0 Å². The van der Waals surface area contributed by atoms with Crippen LogP contribution in [0.1, 0.15) is 20.8 Å². The summed E-state index contributed by atoms with van der Waals surface area (Å²) in [5, 5.41) is 11.2. The fourth-order valence-electron chi connectivity index (χ4n) is 1.20. The fourth-order valence-corrected chi connectivity index (χ4v) is 1.48. The predicted molar refractivity (Wildman–Crippen MR) is 89.4 cm³/mol. The average Bonchev–Trinajstić information content (AvgIpc) is 2.45. The van der Waals surface area contributed by atoms with Crippen molar-refractivity contribution >= 4 is 35.1 Å². The number of alkyl halides is 1. The van der Waals surface area contributed by atoms with Gasteiger partial charge >= 0.3 is 5.97 Å². The Hall–Kier alpha value is -1.76. The van der Waals surface area contributed by atoms with Crippen LogP contribution < -0.4 is 15.6 Å². The van der Waals surface area contributed by atoms with E-state index in [1.165, 1.54) is 19.1 Å². The first kappa shape index (κ1) is 22.2. The van der Waals surface area contributed by atoms with Crippen LogP contribution in [-0.4, -0.2) is 29.6 Å². The van der Waals surface area contributed by atoms with E-state index >= 15 is 0 Å². The van der Waals surface area contributed by atoms with Crippen LogP contribution in [-0.2, 0) is 14.3 Å². The van der Waals surface area contributed by atoms with E-state index in [1.54, 1.807) is 12.1 Å². The molecule has 1 aromatic carbocycles. The molecule has 134 valence electrons. The maximum atomic E-state index is 11.6. The van der Waals surface area contributed by atoms with Crippen molar-refractivity contribution < 1.29 is 29.9 Å². The zero-order valence-corrected chi connectivity index (χ0v) is 15.3. The fraction of sp³-hybridized carbons (Fsp3) is 0.375. The predicted octanol–water partition coefficient (Wildman–Crippen LogP) is 1.16. The Morgan fingerprint density at radius 3 is 2.08 bits per heavy atom. The number of quaternary nitrogens is 1. The number of rotatable bonds is 6. The van der Waals surface area contributed by atoms with Crippen molar-refractivity contribution in [1.29, 1.82) is 0 Å². The summed E-state index contributed by atoms with van der Waals surface area (Å²) in [6, 6.07) is 6.67. The average molecular weight is 378 g/mol. The number of aliphatic carboxylic acids is 1. The number of hydrogen-bond acceptors (Lipinski definition) is 5. The SMILES string of the molecule is C=C(C)C(OC(=O)C(Cl)Oc1ccc(Cl)cc1)C(=O)[O-].CC(C)[NH3+]. The monoisotopic (exact) mass is 377 g/mol. The molecule has 0 bridgehead atoms. The van der Waals surface area contributed by atoms with E-state index in [1.807, 2.05) is 0 Å². The summed E-state index contributed by atoms with van der Waals surface area (Å²) in [4.78, 5) is 22.3. The second-order valence-electron chi connectivity index (χ2n) is 5.26. The number of carbonyl (C=O) groups excluding carboxylic acids is 2. The van der Waals surface area contributed by atoms with Gasteiger partial charge in [-0.05, 0) is 50.6 Å². The molecule has 3 N–H and O–H groups in total. The number of carboxylic acids is 1. The molecule has 1 aromatic rings. The van der Waals surface area contributed by atoms with Gasteiger partial charge in [-0.25, -0.2) is 4.79 Å². The lowest BCUT2D eigenvalue weighted by atomic mass is 10.2. The summed E-state index contributed by atoms with van der Waals surface area (Å²) in [5.74, 6) is -2.35. The molecule has 0 aliphatic carbocycles. The van der Waals surface area contributed by atoms with Crippen LogP contribution >= 0.6 is 23.2 Å². The molecule has 0 radical (unpaired) electrons. The number of carboxylic acid groups (broad SMARTS) is 1. The van der Waals surface area contributed by atoms with Crippen LogP contribution in [0.15, 0.2) is 36.4 Å². The van der Waals surface area contributed by atoms with Gasteiger partial charge in [0.2, 0.25) is 0 Å². The van der Waals surface area contributed by atoms with Gasteiger partial charge in [-0.3, -0.25) is 0 Å². The third-order valence-corrected chi connectivity index (χ3v) is 2.65. The number of carbonyl (C=O) groups is 2. The Morgan fingerprint density at radius 2 is 1.71 bits per heavy atom. The maximum Gasteiger partial charge on any atom is 0.364 e. The van der Waals surface area contributed by atoms with Crippen molar-refractivity contribution in [2.24, 2.45) is 0 Å². The lowest BCUT2D eigenvalue weighted by molar-refractivity contribution is -0.407. The number of halogens is 2. The third-order valence-electron chi connectivity index (χ3n) is 2.13. The van der Waals surface area contributed by atoms with Crippen LogP contribution in [0.4, 0.5) is 0 Å². The highest BCUT2D eigenvalue weighted by atomic mass is 35.5. The molecule has 2 atom stereocenters. The number of hydrogen-bond donors (Lipinski definition) is 1. The summed E-state index contributed by atoms with van der Waals surface area (Å²) in [5.41, 5.74) is 2.24. The van der Waals surface area contributed by atoms with E-state index in [0.717, 1.165) is 0 Å². The minimum atomic E-state index is -1.58. The van der Waals surface area contributed by atoms with Crippen LogP contribution in [0.25, 0.3) is 0 Å². The van der Waals surface area contributed by atoms with Crippen LogP contribution in [0.2, 0.25) is 5.02 Å². The molecule has 0 saturated carbocycles. The highest BCUT2D eigenvalue weighted by molar-refractivity contribution is 6.30. The largest absolute Gasteiger partial charge is 0.546 e. The second kappa shape index (κ2) is 10.9. The lowest BCUT2D eigenvalue weighted by Gasteiger charge is -2.20. The Morgan fingerprint density at radius 1 is 1.25 bits per heavy atom. The van der Waals surface area contributed by atoms with Gasteiger partial charge in [0.1, 0.15) is 5.75 Å². The first-order chi connectivity index (χ1) is 11.0. The minimum Gasteiger partial charge on any atom is -0.546 e. The molecule has 24 heavy (non-hydrogen) atoms. The summed E-state index contributed by atoms with van der Waals surface area (Å²) in [6.07, 6.45) is -1.57. The van der Waals surface area contributed by atoms with E-state index < -0.39 is 23.6 Å². The summed E-state index contributed by atoms with van der Waals surface area (Å²) in [7, 11) is 0. The summed E-state index contributed by atoms with van der Waals surface area (Å²) < 4.78 is 9.73. The molecule has 0 fully saturated rings. The summed E-state index contributed by atoms with van der Waals surface area (Å²) in [6.45, 7) is 8.88. The molecule has 0 aromatic heterocycles. The van der Waals surface area contributed by atoms with Gasteiger partial charge in [0.25, 0.3) is 5.56 Å². The number of esters is 1. The second-order valence-corrected chi connectivity index (χ2v) is 6.10. The molecule has 0 saturated heterocycles. The molecule has 0 aliphatic rings. The van der Waals surface area contributed by atoms with Gasteiger partial charge < -0.3 is 25.1 Å². The normalized spacial score (nSPS) is 12.5. The van der Waals surface area contributed by atoms with Crippen molar-refractivity contribution in [3.05, 3.63) is 41.4 Å². The highest BCUT2D eigenvalue weighted by Crippen LogP contribution is 2.18. The summed E-state index contributed by atoms with van der Waals surface area (Å²) >= 11 is 11.4. The Bertz CT molecular complexity index is 543. The van der Waals surface area contributed by atoms with Gasteiger partial charge in [0, 0.05) is 5.02 Å². The molecule has 8 heteroatoms.